The van der Waals surface area contributed by atoms with Gasteiger partial charge in [0.2, 0.25) is 5.91 Å². The van der Waals surface area contributed by atoms with Crippen molar-refractivity contribution in [3.63, 3.8) is 0 Å². The fraction of sp³-hybridized carbons (Fsp3) is 0.227. The molecule has 2 heterocycles. The van der Waals surface area contributed by atoms with Crippen LogP contribution < -0.4 is 15.5 Å². The van der Waals surface area contributed by atoms with Crippen LogP contribution in [0, 0.1) is 6.92 Å². The zero-order chi connectivity index (χ0) is 20.2. The Hall–Kier alpha value is -3.61. The van der Waals surface area contributed by atoms with Crippen LogP contribution in [0.25, 0.3) is 5.69 Å². The maximum absolute atomic E-state index is 12.4. The Morgan fingerprint density at radius 1 is 1.10 bits per heavy atom. The van der Waals surface area contributed by atoms with E-state index >= 15 is 0 Å². The van der Waals surface area contributed by atoms with Crippen molar-refractivity contribution in [3.8, 4) is 5.69 Å². The van der Waals surface area contributed by atoms with Gasteiger partial charge in [-0.3, -0.25) is 9.36 Å². The normalized spacial score (nSPS) is 13.6. The van der Waals surface area contributed by atoms with Crippen molar-refractivity contribution in [3.05, 3.63) is 72.3 Å². The number of amides is 3. The fourth-order valence-electron chi connectivity index (χ4n) is 3.56. The number of carbonyl (C=O) groups excluding carboxylic acids is 2. The lowest BCUT2D eigenvalue weighted by Crippen LogP contribution is -2.29. The topological polar surface area (TPSA) is 79.3 Å². The second-order valence-corrected chi connectivity index (χ2v) is 6.97. The minimum atomic E-state index is -0.312. The average Bonchev–Trinajstić information content (AvgIpc) is 3.32. The maximum atomic E-state index is 12.4. The number of rotatable bonds is 5. The molecule has 2 aromatic carbocycles. The molecular weight excluding hydrogens is 366 g/mol. The Morgan fingerprint density at radius 2 is 1.90 bits per heavy atom. The third-order valence-corrected chi connectivity index (χ3v) is 4.94. The molecule has 1 saturated heterocycles. The van der Waals surface area contributed by atoms with Crippen molar-refractivity contribution in [1.82, 2.24) is 14.9 Å². The Labute approximate surface area is 169 Å². The molecule has 2 N–H and O–H groups in total. The van der Waals surface area contributed by atoms with Gasteiger partial charge in [0.05, 0.1) is 18.4 Å². The summed E-state index contributed by atoms with van der Waals surface area (Å²) in [4.78, 5) is 30.5. The lowest BCUT2D eigenvalue weighted by atomic mass is 10.2. The summed E-state index contributed by atoms with van der Waals surface area (Å²) >= 11 is 0. The van der Waals surface area contributed by atoms with E-state index in [4.69, 9.17) is 0 Å². The molecule has 3 amide bonds. The van der Waals surface area contributed by atoms with Gasteiger partial charge in [0.15, 0.2) is 0 Å². The number of carbonyl (C=O) groups is 2. The standard InChI is InChI=1S/C22H23N5O2/c1-16-23-14-20(27(16)18-8-3-2-4-9-18)15-24-22(29)25-17-7-5-10-19(13-17)26-12-6-11-21(26)28/h2-5,7-10,13-14H,6,11-12,15H2,1H3,(H2,24,25,29). The molecule has 0 radical (unpaired) electrons. The van der Waals surface area contributed by atoms with Gasteiger partial charge in [-0.25, -0.2) is 9.78 Å². The first-order valence-electron chi connectivity index (χ1n) is 9.66. The molecule has 0 bridgehead atoms. The van der Waals surface area contributed by atoms with Gasteiger partial charge in [-0.2, -0.15) is 0 Å². The molecule has 1 aromatic heterocycles. The molecule has 1 aliphatic rings. The zero-order valence-corrected chi connectivity index (χ0v) is 16.3. The summed E-state index contributed by atoms with van der Waals surface area (Å²) in [6.07, 6.45) is 3.21. The van der Waals surface area contributed by atoms with Crippen LogP contribution in [-0.2, 0) is 11.3 Å². The summed E-state index contributed by atoms with van der Waals surface area (Å²) in [5.74, 6) is 0.979. The van der Waals surface area contributed by atoms with E-state index < -0.39 is 0 Å². The highest BCUT2D eigenvalue weighted by atomic mass is 16.2. The van der Waals surface area contributed by atoms with E-state index in [2.05, 4.69) is 15.6 Å². The Kier molecular flexibility index (Phi) is 5.29. The Balaban J connectivity index is 1.41. The largest absolute Gasteiger partial charge is 0.332 e. The molecule has 7 heteroatoms. The molecule has 0 atom stereocenters. The minimum absolute atomic E-state index is 0.121. The maximum Gasteiger partial charge on any atom is 0.319 e. The van der Waals surface area contributed by atoms with E-state index in [-0.39, 0.29) is 11.9 Å². The van der Waals surface area contributed by atoms with Crippen molar-refractivity contribution < 1.29 is 9.59 Å². The highest BCUT2D eigenvalue weighted by Crippen LogP contribution is 2.24. The highest BCUT2D eigenvalue weighted by Gasteiger charge is 2.21. The van der Waals surface area contributed by atoms with Crippen molar-refractivity contribution >= 4 is 23.3 Å². The van der Waals surface area contributed by atoms with Crippen LogP contribution in [0.2, 0.25) is 0 Å². The number of nitrogens with one attached hydrogen (secondary N) is 2. The first-order chi connectivity index (χ1) is 14.1. The number of benzene rings is 2. The summed E-state index contributed by atoms with van der Waals surface area (Å²) in [6, 6.07) is 16.9. The van der Waals surface area contributed by atoms with Gasteiger partial charge in [-0.1, -0.05) is 24.3 Å². The number of anilines is 2. The molecule has 0 aliphatic carbocycles. The van der Waals surface area contributed by atoms with Crippen molar-refractivity contribution in [2.75, 3.05) is 16.8 Å². The van der Waals surface area contributed by atoms with Gasteiger partial charge in [-0.15, -0.1) is 0 Å². The van der Waals surface area contributed by atoms with Gasteiger partial charge in [-0.05, 0) is 43.7 Å². The third kappa shape index (κ3) is 4.13. The van der Waals surface area contributed by atoms with Crippen molar-refractivity contribution in [2.45, 2.75) is 26.3 Å². The van der Waals surface area contributed by atoms with E-state index in [1.165, 1.54) is 0 Å². The first-order valence-corrected chi connectivity index (χ1v) is 9.66. The van der Waals surface area contributed by atoms with Gasteiger partial charge in [0.1, 0.15) is 5.82 Å². The smallest absolute Gasteiger partial charge is 0.319 e. The number of imidazole rings is 1. The number of urea groups is 1. The summed E-state index contributed by atoms with van der Waals surface area (Å²) in [5.41, 5.74) is 3.35. The summed E-state index contributed by atoms with van der Waals surface area (Å²) in [5, 5.41) is 5.72. The Morgan fingerprint density at radius 3 is 2.66 bits per heavy atom. The summed E-state index contributed by atoms with van der Waals surface area (Å²) < 4.78 is 2.01. The summed E-state index contributed by atoms with van der Waals surface area (Å²) in [7, 11) is 0. The SMILES string of the molecule is Cc1ncc(CNC(=O)Nc2cccc(N3CCCC3=O)c2)n1-c1ccccc1. The lowest BCUT2D eigenvalue weighted by molar-refractivity contribution is -0.117. The lowest BCUT2D eigenvalue weighted by Gasteiger charge is -2.17. The van der Waals surface area contributed by atoms with Gasteiger partial charge in [0.25, 0.3) is 0 Å². The van der Waals surface area contributed by atoms with Crippen LogP contribution in [0.5, 0.6) is 0 Å². The molecule has 148 valence electrons. The van der Waals surface area contributed by atoms with Gasteiger partial charge < -0.3 is 15.5 Å². The molecule has 4 rings (SSSR count). The fourth-order valence-corrected chi connectivity index (χ4v) is 3.56. The van der Waals surface area contributed by atoms with Crippen molar-refractivity contribution in [2.24, 2.45) is 0 Å². The van der Waals surface area contributed by atoms with Gasteiger partial charge >= 0.3 is 6.03 Å². The molecule has 1 fully saturated rings. The van der Waals surface area contributed by atoms with Crippen LogP contribution in [0.15, 0.2) is 60.8 Å². The minimum Gasteiger partial charge on any atom is -0.332 e. The molecule has 7 nitrogen and oxygen atoms in total. The van der Waals surface area contributed by atoms with E-state index in [0.717, 1.165) is 35.9 Å². The summed E-state index contributed by atoms with van der Waals surface area (Å²) in [6.45, 7) is 2.99. The third-order valence-electron chi connectivity index (χ3n) is 4.94. The van der Waals surface area contributed by atoms with E-state index in [1.807, 2.05) is 66.1 Å². The number of nitrogens with zero attached hydrogens (tertiary/aromatic N) is 3. The first kappa shape index (κ1) is 18.7. The molecular formula is C22H23N5O2. The van der Waals surface area contributed by atoms with E-state index in [9.17, 15) is 9.59 Å². The number of para-hydroxylation sites is 1. The van der Waals surface area contributed by atoms with E-state index in [1.54, 1.807) is 11.1 Å². The van der Waals surface area contributed by atoms with Crippen LogP contribution in [0.1, 0.15) is 24.4 Å². The molecule has 1 aliphatic heterocycles. The molecule has 0 spiro atoms. The molecule has 3 aromatic rings. The predicted octanol–water partition coefficient (Wildman–Crippen LogP) is 3.63. The predicted molar refractivity (Wildman–Crippen MR) is 112 cm³/mol. The van der Waals surface area contributed by atoms with Gasteiger partial charge in [0, 0.05) is 30.0 Å². The van der Waals surface area contributed by atoms with E-state index in [0.29, 0.717) is 18.7 Å². The van der Waals surface area contributed by atoms with Crippen LogP contribution in [0.3, 0.4) is 0 Å². The molecule has 29 heavy (non-hydrogen) atoms. The van der Waals surface area contributed by atoms with Crippen LogP contribution in [0.4, 0.5) is 16.2 Å². The molecule has 0 saturated carbocycles. The quantitative estimate of drug-likeness (QED) is 0.699. The monoisotopic (exact) mass is 389 g/mol. The average molecular weight is 389 g/mol. The second-order valence-electron chi connectivity index (χ2n) is 6.97. The Bertz CT molecular complexity index is 1030. The zero-order valence-electron chi connectivity index (χ0n) is 16.3. The second kappa shape index (κ2) is 8.18. The number of hydrogen-bond acceptors (Lipinski definition) is 3. The van der Waals surface area contributed by atoms with Crippen LogP contribution >= 0.6 is 0 Å². The molecule has 0 unspecified atom stereocenters. The van der Waals surface area contributed by atoms with Crippen LogP contribution in [-0.4, -0.2) is 28.0 Å². The highest BCUT2D eigenvalue weighted by molar-refractivity contribution is 5.96. The number of aromatic nitrogens is 2. The number of hydrogen-bond donors (Lipinski definition) is 2. The number of aryl methyl sites for hydroxylation is 1. The van der Waals surface area contributed by atoms with Crippen molar-refractivity contribution in [1.29, 1.82) is 0 Å².